The first-order chi connectivity index (χ1) is 13.6. The minimum atomic E-state index is -0.187. The monoisotopic (exact) mass is 377 g/mol. The summed E-state index contributed by atoms with van der Waals surface area (Å²) in [6, 6.07) is 18.0. The van der Waals surface area contributed by atoms with Gasteiger partial charge >= 0.3 is 0 Å². The van der Waals surface area contributed by atoms with Crippen LogP contribution < -0.4 is 0 Å². The van der Waals surface area contributed by atoms with Crippen LogP contribution in [0.2, 0.25) is 0 Å². The second-order valence-corrected chi connectivity index (χ2v) is 5.83. The Kier molecular flexibility index (Phi) is 5.96. The van der Waals surface area contributed by atoms with Crippen molar-refractivity contribution in [2.75, 3.05) is 14.2 Å². The van der Waals surface area contributed by atoms with Crippen molar-refractivity contribution < 1.29 is 19.0 Å². The molecule has 0 spiro atoms. The summed E-state index contributed by atoms with van der Waals surface area (Å²) in [4.78, 5) is 22.2. The third-order valence-corrected chi connectivity index (χ3v) is 3.98. The van der Waals surface area contributed by atoms with Gasteiger partial charge in [0.1, 0.15) is 25.6 Å². The van der Waals surface area contributed by atoms with Crippen LogP contribution in [0.1, 0.15) is 28.5 Å². The van der Waals surface area contributed by atoms with Gasteiger partial charge in [-0.1, -0.05) is 70.1 Å². The van der Waals surface area contributed by atoms with Crippen molar-refractivity contribution in [2.24, 2.45) is 10.3 Å². The highest BCUT2D eigenvalue weighted by atomic mass is 16.6. The maximum Gasteiger partial charge on any atom is 0.214 e. The number of hydrogen-bond acceptors (Lipinski definition) is 7. The Morgan fingerprint density at radius 2 is 1.61 bits per heavy atom. The van der Waals surface area contributed by atoms with Crippen LogP contribution in [-0.2, 0) is 9.68 Å². The van der Waals surface area contributed by atoms with Crippen LogP contribution in [0.4, 0.5) is 0 Å². The Morgan fingerprint density at radius 3 is 2.25 bits per heavy atom. The van der Waals surface area contributed by atoms with Gasteiger partial charge in [0.15, 0.2) is 11.5 Å². The van der Waals surface area contributed by atoms with Crippen molar-refractivity contribution in [2.45, 2.75) is 6.92 Å². The maximum absolute atomic E-state index is 12.5. The summed E-state index contributed by atoms with van der Waals surface area (Å²) in [7, 11) is 2.93. The molecule has 0 bridgehead atoms. The number of carbonyl (C=O) groups excluding carboxylic acids is 1. The summed E-state index contributed by atoms with van der Waals surface area (Å²) in [6.07, 6.45) is 0. The van der Waals surface area contributed by atoms with Gasteiger partial charge in [0.05, 0.1) is 0 Å². The first-order valence-electron chi connectivity index (χ1n) is 8.50. The van der Waals surface area contributed by atoms with E-state index in [1.807, 2.05) is 30.3 Å². The number of ketones is 1. The molecule has 0 N–H and O–H groups in total. The fourth-order valence-electron chi connectivity index (χ4n) is 2.65. The van der Waals surface area contributed by atoms with Gasteiger partial charge in [-0.05, 0) is 6.92 Å². The fourth-order valence-corrected chi connectivity index (χ4v) is 2.65. The molecule has 0 unspecified atom stereocenters. The van der Waals surface area contributed by atoms with Gasteiger partial charge in [0.25, 0.3) is 0 Å². The molecule has 0 atom stereocenters. The summed E-state index contributed by atoms with van der Waals surface area (Å²) in [6.45, 7) is 1.77. The summed E-state index contributed by atoms with van der Waals surface area (Å²) in [5.41, 5.74) is 3.52. The predicted molar refractivity (Wildman–Crippen MR) is 105 cm³/mol. The molecular weight excluding hydrogens is 358 g/mol. The van der Waals surface area contributed by atoms with E-state index in [0.29, 0.717) is 22.7 Å². The Hall–Kier alpha value is -3.74. The number of aromatic nitrogens is 1. The number of hydrogen-bond donors (Lipinski definition) is 0. The van der Waals surface area contributed by atoms with Crippen molar-refractivity contribution in [1.29, 1.82) is 0 Å². The molecule has 3 aromatic rings. The zero-order chi connectivity index (χ0) is 19.9. The lowest BCUT2D eigenvalue weighted by molar-refractivity contribution is 0.103. The maximum atomic E-state index is 12.5. The van der Waals surface area contributed by atoms with Gasteiger partial charge in [0.2, 0.25) is 5.78 Å². The minimum Gasteiger partial charge on any atom is -0.399 e. The second-order valence-electron chi connectivity index (χ2n) is 5.83. The van der Waals surface area contributed by atoms with E-state index in [1.54, 1.807) is 37.3 Å². The smallest absolute Gasteiger partial charge is 0.214 e. The minimum absolute atomic E-state index is 0.187. The van der Waals surface area contributed by atoms with Crippen molar-refractivity contribution in [3.63, 3.8) is 0 Å². The van der Waals surface area contributed by atoms with Crippen LogP contribution in [0.25, 0.3) is 11.3 Å². The molecule has 0 saturated carbocycles. The van der Waals surface area contributed by atoms with Crippen LogP contribution in [0.5, 0.6) is 0 Å². The number of rotatable bonds is 7. The van der Waals surface area contributed by atoms with Gasteiger partial charge in [-0.3, -0.25) is 4.79 Å². The lowest BCUT2D eigenvalue weighted by Gasteiger charge is -2.05. The molecule has 28 heavy (non-hydrogen) atoms. The highest BCUT2D eigenvalue weighted by molar-refractivity contribution is 6.47. The van der Waals surface area contributed by atoms with E-state index < -0.39 is 0 Å². The Labute approximate surface area is 162 Å². The molecule has 0 fully saturated rings. The number of benzene rings is 2. The zero-order valence-corrected chi connectivity index (χ0v) is 15.7. The molecule has 0 aliphatic carbocycles. The van der Waals surface area contributed by atoms with Crippen LogP contribution in [-0.4, -0.2) is 36.6 Å². The molecule has 1 aromatic heterocycles. The van der Waals surface area contributed by atoms with Crippen molar-refractivity contribution >= 4 is 17.2 Å². The zero-order valence-electron chi connectivity index (χ0n) is 15.7. The SMILES string of the molecule is CON=C(C)C(=NOC)c1ccc(-c2cc(C(=O)c3ccccc3)no2)cc1. The molecular formula is C21H19N3O4. The lowest BCUT2D eigenvalue weighted by Crippen LogP contribution is -2.13. The molecule has 0 aliphatic heterocycles. The standard InChI is InChI=1S/C21H19N3O4/c1-14(22-26-2)20(24-27-3)16-11-9-15(10-12-16)19-13-18(23-28-19)21(25)17-7-5-4-6-8-17/h4-13H,1-3H3. The first kappa shape index (κ1) is 19.0. The van der Waals surface area contributed by atoms with Crippen molar-refractivity contribution in [3.8, 4) is 11.3 Å². The molecule has 0 aliphatic rings. The quantitative estimate of drug-likeness (QED) is 0.354. The van der Waals surface area contributed by atoms with Crippen molar-refractivity contribution in [1.82, 2.24) is 5.16 Å². The van der Waals surface area contributed by atoms with Crippen LogP contribution in [0.15, 0.2) is 75.5 Å². The summed E-state index contributed by atoms with van der Waals surface area (Å²) in [5.74, 6) is 0.312. The third-order valence-electron chi connectivity index (χ3n) is 3.98. The average Bonchev–Trinajstić information content (AvgIpc) is 3.22. The average molecular weight is 377 g/mol. The van der Waals surface area contributed by atoms with E-state index in [-0.39, 0.29) is 11.5 Å². The highest BCUT2D eigenvalue weighted by Gasteiger charge is 2.16. The summed E-state index contributed by atoms with van der Waals surface area (Å²) in [5, 5.41) is 11.8. The topological polar surface area (TPSA) is 86.3 Å². The van der Waals surface area contributed by atoms with E-state index in [1.165, 1.54) is 14.2 Å². The van der Waals surface area contributed by atoms with Gasteiger partial charge < -0.3 is 14.2 Å². The van der Waals surface area contributed by atoms with E-state index in [2.05, 4.69) is 15.5 Å². The molecule has 2 aromatic carbocycles. The third kappa shape index (κ3) is 4.15. The molecule has 0 radical (unpaired) electrons. The molecule has 0 saturated heterocycles. The van der Waals surface area contributed by atoms with E-state index in [4.69, 9.17) is 14.2 Å². The van der Waals surface area contributed by atoms with Crippen LogP contribution >= 0.6 is 0 Å². The second kappa shape index (κ2) is 8.77. The predicted octanol–water partition coefficient (Wildman–Crippen LogP) is 3.95. The van der Waals surface area contributed by atoms with Gasteiger partial charge in [-0.25, -0.2) is 0 Å². The summed E-state index contributed by atoms with van der Waals surface area (Å²) >= 11 is 0. The first-order valence-corrected chi connectivity index (χ1v) is 8.50. The van der Waals surface area contributed by atoms with Gasteiger partial charge in [0, 0.05) is 22.8 Å². The lowest BCUT2D eigenvalue weighted by atomic mass is 10.0. The molecule has 7 nitrogen and oxygen atoms in total. The molecule has 7 heteroatoms. The normalized spacial score (nSPS) is 12.0. The van der Waals surface area contributed by atoms with Gasteiger partial charge in [-0.2, -0.15) is 0 Å². The molecule has 142 valence electrons. The van der Waals surface area contributed by atoms with E-state index in [9.17, 15) is 4.79 Å². The van der Waals surface area contributed by atoms with Crippen molar-refractivity contribution in [3.05, 3.63) is 77.5 Å². The number of oxime groups is 2. The fraction of sp³-hybridized carbons (Fsp3) is 0.143. The number of carbonyl (C=O) groups is 1. The molecule has 3 rings (SSSR count). The Bertz CT molecular complexity index is 1010. The van der Waals surface area contributed by atoms with Crippen LogP contribution in [0, 0.1) is 0 Å². The number of nitrogens with zero attached hydrogens (tertiary/aromatic N) is 3. The van der Waals surface area contributed by atoms with Gasteiger partial charge in [-0.15, -0.1) is 0 Å². The van der Waals surface area contributed by atoms with E-state index >= 15 is 0 Å². The van der Waals surface area contributed by atoms with Crippen LogP contribution in [0.3, 0.4) is 0 Å². The Balaban J connectivity index is 1.84. The largest absolute Gasteiger partial charge is 0.399 e. The van der Waals surface area contributed by atoms with E-state index in [0.717, 1.165) is 11.1 Å². The molecule has 1 heterocycles. The highest BCUT2D eigenvalue weighted by Crippen LogP contribution is 2.22. The Morgan fingerprint density at radius 1 is 0.929 bits per heavy atom. The molecule has 0 amide bonds. The summed E-state index contributed by atoms with van der Waals surface area (Å²) < 4.78 is 5.36.